The number of fused-ring (bicyclic) bond motifs is 9. The maximum atomic E-state index is 2.66. The number of aromatic nitrogens is 2. The van der Waals surface area contributed by atoms with Gasteiger partial charge in [-0.2, -0.15) is 0 Å². The molecule has 9 aromatic carbocycles. The number of nitrogens with zero attached hydrogens (tertiary/aromatic N) is 4. The molecule has 2 aliphatic rings. The summed E-state index contributed by atoms with van der Waals surface area (Å²) in [6.07, 6.45) is 0. The minimum absolute atomic E-state index is 0.0723. The highest BCUT2D eigenvalue weighted by molar-refractivity contribution is 6.99. The summed E-state index contributed by atoms with van der Waals surface area (Å²) in [6.45, 7) is 7.19. The van der Waals surface area contributed by atoms with E-state index in [1.807, 2.05) is 0 Å². The Bertz CT molecular complexity index is 3550. The van der Waals surface area contributed by atoms with Crippen molar-refractivity contribution in [2.45, 2.75) is 26.2 Å². The molecule has 5 heteroatoms. The lowest BCUT2D eigenvalue weighted by molar-refractivity contribution is 0.645. The minimum atomic E-state index is -0.186. The number of anilines is 6. The van der Waals surface area contributed by atoms with Crippen molar-refractivity contribution in [2.24, 2.45) is 0 Å². The van der Waals surface area contributed by atoms with E-state index in [0.717, 1.165) is 45.3 Å². The molecule has 2 aromatic heterocycles. The molecule has 308 valence electrons. The second-order valence-corrected chi connectivity index (χ2v) is 18.2. The van der Waals surface area contributed by atoms with Crippen LogP contribution in [0.4, 0.5) is 34.1 Å². The van der Waals surface area contributed by atoms with Gasteiger partial charge in [0.1, 0.15) is 0 Å². The molecule has 4 nitrogen and oxygen atoms in total. The largest absolute Gasteiger partial charge is 0.310 e. The van der Waals surface area contributed by atoms with Crippen molar-refractivity contribution < 1.29 is 0 Å². The Morgan fingerprint density at radius 3 is 1.60 bits per heavy atom. The molecule has 11 aromatic rings. The number of rotatable bonds is 7. The monoisotopic (exact) mass is 832 g/mol. The van der Waals surface area contributed by atoms with Gasteiger partial charge in [0.15, 0.2) is 0 Å². The lowest BCUT2D eigenvalue weighted by Crippen LogP contribution is -2.63. The van der Waals surface area contributed by atoms with E-state index in [1.54, 1.807) is 0 Å². The van der Waals surface area contributed by atoms with Crippen LogP contribution in [0, 0.1) is 6.92 Å². The summed E-state index contributed by atoms with van der Waals surface area (Å²) in [5, 5.41) is 2.43. The molecule has 0 aliphatic carbocycles. The Labute approximate surface area is 380 Å². The van der Waals surface area contributed by atoms with Gasteiger partial charge in [0.2, 0.25) is 6.71 Å². The smallest absolute Gasteiger partial charge is 0.247 e. The van der Waals surface area contributed by atoms with E-state index in [4.69, 9.17) is 0 Å². The predicted octanol–water partition coefficient (Wildman–Crippen LogP) is 13.4. The number of para-hydroxylation sites is 5. The van der Waals surface area contributed by atoms with Crippen LogP contribution in [-0.2, 0) is 5.41 Å². The third-order valence-electron chi connectivity index (χ3n) is 14.1. The topological polar surface area (TPSA) is 16.3 Å². The molecule has 0 saturated carbocycles. The number of benzene rings is 9. The third-order valence-corrected chi connectivity index (χ3v) is 14.1. The summed E-state index contributed by atoms with van der Waals surface area (Å²) in [7, 11) is 0. The molecule has 0 bridgehead atoms. The second kappa shape index (κ2) is 14.3. The molecule has 0 amide bonds. The Morgan fingerprint density at radius 2 is 0.985 bits per heavy atom. The maximum Gasteiger partial charge on any atom is 0.247 e. The Kier molecular flexibility index (Phi) is 8.23. The van der Waals surface area contributed by atoms with E-state index < -0.39 is 0 Å². The average Bonchev–Trinajstić information content (AvgIpc) is 3.87. The number of aryl methyl sites for hydroxylation is 1. The quantitative estimate of drug-likeness (QED) is 0.149. The van der Waals surface area contributed by atoms with E-state index in [-0.39, 0.29) is 12.1 Å². The van der Waals surface area contributed by atoms with Crippen molar-refractivity contribution >= 4 is 90.1 Å². The van der Waals surface area contributed by atoms with Gasteiger partial charge in [0.05, 0.1) is 27.8 Å². The first kappa shape index (κ1) is 37.5. The molecule has 65 heavy (non-hydrogen) atoms. The highest BCUT2D eigenvalue weighted by atomic mass is 15.2. The van der Waals surface area contributed by atoms with Crippen LogP contribution in [0.15, 0.2) is 218 Å². The summed E-state index contributed by atoms with van der Waals surface area (Å²) in [4.78, 5) is 4.84. The van der Waals surface area contributed by atoms with Crippen LogP contribution >= 0.6 is 0 Å². The Balaban J connectivity index is 1.24. The fraction of sp³-hybridized carbons (Fsp3) is 0.0667. The van der Waals surface area contributed by atoms with Crippen molar-refractivity contribution in [3.8, 4) is 11.4 Å². The highest BCUT2D eigenvalue weighted by Gasteiger charge is 2.46. The van der Waals surface area contributed by atoms with Crippen LogP contribution in [0.3, 0.4) is 0 Å². The summed E-state index contributed by atoms with van der Waals surface area (Å²) in [5.41, 5.74) is 21.9. The molecule has 4 heterocycles. The molecule has 0 N–H and O–H groups in total. The Hall–Kier alpha value is -8.02. The molecule has 0 fully saturated rings. The van der Waals surface area contributed by atoms with Gasteiger partial charge in [-0.05, 0) is 126 Å². The summed E-state index contributed by atoms with van der Waals surface area (Å²) in [5.74, 6) is 0. The SMILES string of the molecule is Cc1cc2c3c(c1)C(C)(C)c1ccccc1B3c1ccc(N(c3ccccc3)c3ccccc3)c3c1n-2c1c2ccc(N(c4ccccc4)c4ccccc4)cc2n(-c2ccccc2)c31. The number of hydrogen-bond donors (Lipinski definition) is 0. The first-order valence-corrected chi connectivity index (χ1v) is 22.7. The normalized spacial score (nSPS) is 13.2. The van der Waals surface area contributed by atoms with Crippen molar-refractivity contribution in [3.63, 3.8) is 0 Å². The van der Waals surface area contributed by atoms with Crippen LogP contribution in [0.2, 0.25) is 0 Å². The highest BCUT2D eigenvalue weighted by Crippen LogP contribution is 2.50. The number of hydrogen-bond acceptors (Lipinski definition) is 2. The van der Waals surface area contributed by atoms with E-state index in [9.17, 15) is 0 Å². The molecule has 2 aliphatic heterocycles. The van der Waals surface area contributed by atoms with E-state index in [2.05, 4.69) is 258 Å². The molecule has 0 radical (unpaired) electrons. The summed E-state index contributed by atoms with van der Waals surface area (Å²) >= 11 is 0. The molecule has 0 atom stereocenters. The third kappa shape index (κ3) is 5.45. The molecule has 13 rings (SSSR count). The van der Waals surface area contributed by atoms with Crippen LogP contribution in [0.1, 0.15) is 30.5 Å². The summed E-state index contributed by atoms with van der Waals surface area (Å²) < 4.78 is 5.22. The minimum Gasteiger partial charge on any atom is -0.310 e. The second-order valence-electron chi connectivity index (χ2n) is 18.2. The van der Waals surface area contributed by atoms with Crippen LogP contribution in [0.25, 0.3) is 44.2 Å². The van der Waals surface area contributed by atoms with Gasteiger partial charge < -0.3 is 18.9 Å². The fourth-order valence-electron chi connectivity index (χ4n) is 11.5. The van der Waals surface area contributed by atoms with Gasteiger partial charge >= 0.3 is 0 Å². The standard InChI is InChI=1S/C60H45BN4/c1-40-37-49-56-54(38-40)65-57-47-34-33-46(62(41-21-9-4-10-22-41)42-23-11-5-12-24-42)39-53(47)64(45-29-17-8-18-30-45)59(57)55-52(63(43-25-13-6-14-26-43)44-27-15-7-16-28-44)36-35-51(58(55)65)61(56)50-32-20-19-31-48(50)60(49,2)3/h4-39H,1-3H3. The summed E-state index contributed by atoms with van der Waals surface area (Å²) in [6, 6.07) is 80.3. The first-order chi connectivity index (χ1) is 32.0. The predicted molar refractivity (Wildman–Crippen MR) is 275 cm³/mol. The van der Waals surface area contributed by atoms with Crippen molar-refractivity contribution in [1.29, 1.82) is 0 Å². The van der Waals surface area contributed by atoms with E-state index in [1.165, 1.54) is 66.1 Å². The van der Waals surface area contributed by atoms with Gasteiger partial charge in [-0.15, -0.1) is 0 Å². The zero-order valence-electron chi connectivity index (χ0n) is 36.7. The maximum absolute atomic E-state index is 2.66. The molecule has 0 spiro atoms. The molecular formula is C60H45BN4. The van der Waals surface area contributed by atoms with Crippen LogP contribution in [-0.4, -0.2) is 15.8 Å². The van der Waals surface area contributed by atoms with Gasteiger partial charge in [-0.3, -0.25) is 0 Å². The molecule has 0 saturated heterocycles. The van der Waals surface area contributed by atoms with Crippen molar-refractivity contribution in [1.82, 2.24) is 9.13 Å². The lowest BCUT2D eigenvalue weighted by atomic mass is 9.30. The lowest BCUT2D eigenvalue weighted by Gasteiger charge is -2.42. The zero-order valence-corrected chi connectivity index (χ0v) is 36.7. The molecule has 0 unspecified atom stereocenters. The van der Waals surface area contributed by atoms with Crippen LogP contribution in [0.5, 0.6) is 0 Å². The van der Waals surface area contributed by atoms with Crippen LogP contribution < -0.4 is 26.2 Å². The van der Waals surface area contributed by atoms with Crippen molar-refractivity contribution in [3.05, 3.63) is 235 Å². The molecular weight excluding hydrogens is 787 g/mol. The average molecular weight is 833 g/mol. The van der Waals surface area contributed by atoms with Crippen molar-refractivity contribution in [2.75, 3.05) is 9.80 Å². The van der Waals surface area contributed by atoms with Gasteiger partial charge in [0, 0.05) is 56.0 Å². The van der Waals surface area contributed by atoms with E-state index >= 15 is 0 Å². The van der Waals surface area contributed by atoms with Gasteiger partial charge in [0.25, 0.3) is 0 Å². The zero-order chi connectivity index (χ0) is 43.4. The Morgan fingerprint density at radius 1 is 0.431 bits per heavy atom. The van der Waals surface area contributed by atoms with E-state index in [0.29, 0.717) is 0 Å². The first-order valence-electron chi connectivity index (χ1n) is 22.7. The van der Waals surface area contributed by atoms with Gasteiger partial charge in [-0.25, -0.2) is 0 Å². The fourth-order valence-corrected chi connectivity index (χ4v) is 11.5. The van der Waals surface area contributed by atoms with Gasteiger partial charge in [-0.1, -0.05) is 147 Å².